The van der Waals surface area contributed by atoms with Crippen LogP contribution < -0.4 is 19.4 Å². The largest absolute Gasteiger partial charge is 0.497 e. The summed E-state index contributed by atoms with van der Waals surface area (Å²) >= 11 is 6.32. The Hall–Kier alpha value is -2.44. The zero-order valence-corrected chi connectivity index (χ0v) is 18.3. The summed E-state index contributed by atoms with van der Waals surface area (Å²) in [6.45, 7) is 7.61. The second-order valence-electron chi connectivity index (χ2n) is 7.93. The van der Waals surface area contributed by atoms with Crippen LogP contribution in [0.15, 0.2) is 48.5 Å². The van der Waals surface area contributed by atoms with Crippen LogP contribution in [0.5, 0.6) is 5.75 Å². The predicted octanol–water partition coefficient (Wildman–Crippen LogP) is 1.40. The number of carbonyl (C=O) groups excluding carboxylic acids is 1. The Morgan fingerprint density at radius 2 is 1.70 bits per heavy atom. The SMILES string of the molecule is COc1cccc(N2CC[NH+](CC(=O)N3CCN(c4ccccc4Cl)CC3)CC2)c1. The maximum atomic E-state index is 12.8. The highest BCUT2D eigenvalue weighted by molar-refractivity contribution is 6.33. The molecule has 4 rings (SSSR count). The quantitative estimate of drug-likeness (QED) is 0.780. The second-order valence-corrected chi connectivity index (χ2v) is 8.34. The number of nitrogens with zero attached hydrogens (tertiary/aromatic N) is 3. The van der Waals surface area contributed by atoms with Gasteiger partial charge in [0.2, 0.25) is 0 Å². The molecule has 2 aromatic rings. The number of halogens is 1. The molecule has 0 spiro atoms. The summed E-state index contributed by atoms with van der Waals surface area (Å²) in [4.78, 5) is 20.9. The van der Waals surface area contributed by atoms with Gasteiger partial charge in [0.25, 0.3) is 5.91 Å². The van der Waals surface area contributed by atoms with Crippen molar-refractivity contribution >= 4 is 28.9 Å². The minimum absolute atomic E-state index is 0.263. The first kappa shape index (κ1) is 20.8. The molecule has 2 saturated heterocycles. The number of ether oxygens (including phenoxy) is 1. The lowest BCUT2D eigenvalue weighted by Gasteiger charge is -2.38. The van der Waals surface area contributed by atoms with Crippen molar-refractivity contribution in [3.63, 3.8) is 0 Å². The standard InChI is InChI=1S/C23H29ClN4O2/c1-30-20-6-4-5-19(17-20)26-11-9-25(10-12-26)18-23(29)28-15-13-27(14-16-28)22-8-3-2-7-21(22)24/h2-8,17H,9-16,18H2,1H3/p+1. The van der Waals surface area contributed by atoms with Gasteiger partial charge in [-0.3, -0.25) is 4.79 Å². The molecule has 2 heterocycles. The van der Waals surface area contributed by atoms with Gasteiger partial charge in [-0.15, -0.1) is 0 Å². The molecule has 2 aliphatic heterocycles. The van der Waals surface area contributed by atoms with E-state index in [-0.39, 0.29) is 5.91 Å². The van der Waals surface area contributed by atoms with Crippen molar-refractivity contribution in [2.45, 2.75) is 0 Å². The number of para-hydroxylation sites is 1. The summed E-state index contributed by atoms with van der Waals surface area (Å²) in [5.41, 5.74) is 2.25. The van der Waals surface area contributed by atoms with Gasteiger partial charge in [0.15, 0.2) is 6.54 Å². The van der Waals surface area contributed by atoms with Crippen molar-refractivity contribution in [1.82, 2.24) is 4.90 Å². The summed E-state index contributed by atoms with van der Waals surface area (Å²) in [7, 11) is 1.70. The van der Waals surface area contributed by atoms with Crippen LogP contribution in [0.25, 0.3) is 0 Å². The molecule has 7 heteroatoms. The number of carbonyl (C=O) groups is 1. The summed E-state index contributed by atoms with van der Waals surface area (Å²) in [6, 6.07) is 16.1. The molecular formula is C23H30ClN4O2+. The first-order valence-corrected chi connectivity index (χ1v) is 11.0. The minimum Gasteiger partial charge on any atom is -0.497 e. The first-order valence-electron chi connectivity index (χ1n) is 10.6. The third-order valence-corrected chi connectivity index (χ3v) is 6.44. The first-order chi connectivity index (χ1) is 14.6. The fourth-order valence-corrected chi connectivity index (χ4v) is 4.55. The highest BCUT2D eigenvalue weighted by Gasteiger charge is 2.27. The van der Waals surface area contributed by atoms with E-state index in [1.807, 2.05) is 41.3 Å². The van der Waals surface area contributed by atoms with Gasteiger partial charge >= 0.3 is 0 Å². The predicted molar refractivity (Wildman–Crippen MR) is 121 cm³/mol. The smallest absolute Gasteiger partial charge is 0.277 e. The Kier molecular flexibility index (Phi) is 6.65. The minimum atomic E-state index is 0.263. The van der Waals surface area contributed by atoms with Gasteiger partial charge in [-0.1, -0.05) is 29.8 Å². The van der Waals surface area contributed by atoms with Crippen molar-refractivity contribution in [1.29, 1.82) is 0 Å². The number of rotatable bonds is 5. The number of nitrogens with one attached hydrogen (secondary N) is 1. The maximum Gasteiger partial charge on any atom is 0.277 e. The molecule has 0 unspecified atom stereocenters. The topological polar surface area (TPSA) is 40.5 Å². The molecule has 0 radical (unpaired) electrons. The zero-order valence-electron chi connectivity index (χ0n) is 17.5. The molecule has 1 N–H and O–H groups in total. The summed E-state index contributed by atoms with van der Waals surface area (Å²) < 4.78 is 5.34. The van der Waals surface area contributed by atoms with Crippen molar-refractivity contribution < 1.29 is 14.4 Å². The molecule has 30 heavy (non-hydrogen) atoms. The summed E-state index contributed by atoms with van der Waals surface area (Å²) in [6.07, 6.45) is 0. The van der Waals surface area contributed by atoms with Crippen molar-refractivity contribution in [2.75, 3.05) is 75.8 Å². The number of amides is 1. The molecule has 1 amide bonds. The Balaban J connectivity index is 1.24. The van der Waals surface area contributed by atoms with Crippen molar-refractivity contribution in [3.8, 4) is 5.75 Å². The van der Waals surface area contributed by atoms with E-state index in [0.717, 1.165) is 68.8 Å². The number of piperazine rings is 2. The van der Waals surface area contributed by atoms with Crippen LogP contribution in [-0.2, 0) is 4.79 Å². The van der Waals surface area contributed by atoms with Gasteiger partial charge < -0.3 is 24.3 Å². The van der Waals surface area contributed by atoms with Crippen LogP contribution >= 0.6 is 11.6 Å². The molecule has 0 aromatic heterocycles. The average Bonchev–Trinajstić information content (AvgIpc) is 2.80. The lowest BCUT2D eigenvalue weighted by atomic mass is 10.2. The molecule has 0 atom stereocenters. The number of hydrogen-bond donors (Lipinski definition) is 1. The normalized spacial score (nSPS) is 17.9. The van der Waals surface area contributed by atoms with Gasteiger partial charge in [0.05, 0.1) is 44.0 Å². The van der Waals surface area contributed by atoms with E-state index < -0.39 is 0 Å². The third kappa shape index (κ3) is 4.82. The Morgan fingerprint density at radius 1 is 0.967 bits per heavy atom. The molecule has 0 aliphatic carbocycles. The van der Waals surface area contributed by atoms with Gasteiger partial charge in [0, 0.05) is 37.9 Å². The molecule has 0 saturated carbocycles. The molecule has 2 aliphatic rings. The summed E-state index contributed by atoms with van der Waals surface area (Å²) in [5, 5.41) is 0.774. The molecule has 160 valence electrons. The second kappa shape index (κ2) is 9.58. The van der Waals surface area contributed by atoms with Crippen LogP contribution in [0.1, 0.15) is 0 Å². The average molecular weight is 430 g/mol. The van der Waals surface area contributed by atoms with Crippen LogP contribution in [0.3, 0.4) is 0 Å². The number of hydrogen-bond acceptors (Lipinski definition) is 4. The maximum absolute atomic E-state index is 12.8. The fraction of sp³-hybridized carbons (Fsp3) is 0.435. The van der Waals surface area contributed by atoms with E-state index in [4.69, 9.17) is 16.3 Å². The molecule has 2 fully saturated rings. The number of methoxy groups -OCH3 is 1. The van der Waals surface area contributed by atoms with Crippen molar-refractivity contribution in [2.24, 2.45) is 0 Å². The van der Waals surface area contributed by atoms with E-state index >= 15 is 0 Å². The van der Waals surface area contributed by atoms with E-state index in [1.165, 1.54) is 10.6 Å². The number of quaternary nitrogens is 1. The van der Waals surface area contributed by atoms with E-state index in [9.17, 15) is 4.79 Å². The van der Waals surface area contributed by atoms with Gasteiger partial charge in [-0.25, -0.2) is 0 Å². The Labute approximate surface area is 183 Å². The van der Waals surface area contributed by atoms with Crippen molar-refractivity contribution in [3.05, 3.63) is 53.6 Å². The van der Waals surface area contributed by atoms with Crippen LogP contribution in [0.4, 0.5) is 11.4 Å². The molecule has 0 bridgehead atoms. The molecule has 6 nitrogen and oxygen atoms in total. The van der Waals surface area contributed by atoms with E-state index in [0.29, 0.717) is 6.54 Å². The third-order valence-electron chi connectivity index (χ3n) is 6.12. The highest BCUT2D eigenvalue weighted by atomic mass is 35.5. The monoisotopic (exact) mass is 429 g/mol. The van der Waals surface area contributed by atoms with Crippen LogP contribution in [0.2, 0.25) is 5.02 Å². The summed E-state index contributed by atoms with van der Waals surface area (Å²) in [5.74, 6) is 1.15. The zero-order chi connectivity index (χ0) is 20.9. The van der Waals surface area contributed by atoms with Gasteiger partial charge in [0.1, 0.15) is 5.75 Å². The number of benzene rings is 2. The van der Waals surface area contributed by atoms with Gasteiger partial charge in [-0.05, 0) is 24.3 Å². The van der Waals surface area contributed by atoms with E-state index in [2.05, 4.69) is 21.9 Å². The molecular weight excluding hydrogens is 400 g/mol. The van der Waals surface area contributed by atoms with Crippen LogP contribution in [0, 0.1) is 0 Å². The van der Waals surface area contributed by atoms with Crippen LogP contribution in [-0.4, -0.2) is 76.8 Å². The lowest BCUT2D eigenvalue weighted by Crippen LogP contribution is -3.16. The lowest BCUT2D eigenvalue weighted by molar-refractivity contribution is -0.892. The highest BCUT2D eigenvalue weighted by Crippen LogP contribution is 2.26. The number of anilines is 2. The fourth-order valence-electron chi connectivity index (χ4n) is 4.30. The molecule has 2 aromatic carbocycles. The van der Waals surface area contributed by atoms with E-state index in [1.54, 1.807) is 7.11 Å². The van der Waals surface area contributed by atoms with Gasteiger partial charge in [-0.2, -0.15) is 0 Å². The Bertz CT molecular complexity index is 862. The Morgan fingerprint density at radius 3 is 2.40 bits per heavy atom.